The molecule has 0 N–H and O–H groups in total. The Kier molecular flexibility index (Phi) is 3.51. The van der Waals surface area contributed by atoms with Crippen molar-refractivity contribution in [3.63, 3.8) is 0 Å². The van der Waals surface area contributed by atoms with Crippen LogP contribution in [0.1, 0.15) is 21.5 Å². The van der Waals surface area contributed by atoms with E-state index in [2.05, 4.69) is 0 Å². The summed E-state index contributed by atoms with van der Waals surface area (Å²) in [6, 6.07) is 17.1. The number of hydrogen-bond donors (Lipinski definition) is 0. The van der Waals surface area contributed by atoms with Crippen LogP contribution in [0.5, 0.6) is 0 Å². The number of benzene rings is 2. The van der Waals surface area contributed by atoms with Gasteiger partial charge in [0, 0.05) is 11.1 Å². The first kappa shape index (κ1) is 13.2. The number of carbonyl (C=O) groups excluding carboxylic acids is 1. The van der Waals surface area contributed by atoms with Gasteiger partial charge in [-0.3, -0.25) is 4.79 Å². The molecule has 3 rings (SSSR count). The van der Waals surface area contributed by atoms with E-state index in [9.17, 15) is 4.79 Å². The lowest BCUT2D eigenvalue weighted by molar-refractivity contribution is 0.0843. The number of hydrogen-bond acceptors (Lipinski definition) is 1. The molecule has 4 heteroatoms. The van der Waals surface area contributed by atoms with Crippen LogP contribution >= 0.6 is 23.2 Å². The SMILES string of the molecule is O=C1c2ccccc2C(=C(Cl)Cl)N1Cc1ccccc1. The van der Waals surface area contributed by atoms with Gasteiger partial charge in [-0.25, -0.2) is 0 Å². The minimum Gasteiger partial charge on any atom is -0.301 e. The van der Waals surface area contributed by atoms with Crippen molar-refractivity contribution >= 4 is 34.8 Å². The Morgan fingerprint density at radius 3 is 2.15 bits per heavy atom. The Balaban J connectivity index is 2.05. The lowest BCUT2D eigenvalue weighted by Crippen LogP contribution is -2.22. The first-order chi connectivity index (χ1) is 9.68. The smallest absolute Gasteiger partial charge is 0.259 e. The summed E-state index contributed by atoms with van der Waals surface area (Å²) < 4.78 is 0.110. The van der Waals surface area contributed by atoms with E-state index in [-0.39, 0.29) is 10.4 Å². The van der Waals surface area contributed by atoms with Crippen LogP contribution in [0, 0.1) is 0 Å². The van der Waals surface area contributed by atoms with E-state index >= 15 is 0 Å². The van der Waals surface area contributed by atoms with Crippen LogP contribution in [0.3, 0.4) is 0 Å². The van der Waals surface area contributed by atoms with E-state index in [1.165, 1.54) is 0 Å². The molecule has 2 nitrogen and oxygen atoms in total. The van der Waals surface area contributed by atoms with Gasteiger partial charge in [0.15, 0.2) is 0 Å². The molecule has 1 aliphatic heterocycles. The highest BCUT2D eigenvalue weighted by Crippen LogP contribution is 2.38. The lowest BCUT2D eigenvalue weighted by Gasteiger charge is -2.18. The second kappa shape index (κ2) is 5.31. The third-order valence-electron chi connectivity index (χ3n) is 3.29. The molecule has 20 heavy (non-hydrogen) atoms. The molecule has 1 heterocycles. The molecule has 0 saturated carbocycles. The molecule has 0 fully saturated rings. The Morgan fingerprint density at radius 1 is 0.900 bits per heavy atom. The zero-order valence-corrected chi connectivity index (χ0v) is 12.0. The van der Waals surface area contributed by atoms with E-state index in [4.69, 9.17) is 23.2 Å². The van der Waals surface area contributed by atoms with Crippen molar-refractivity contribution in [2.24, 2.45) is 0 Å². The number of nitrogens with zero attached hydrogens (tertiary/aromatic N) is 1. The summed E-state index contributed by atoms with van der Waals surface area (Å²) in [5.74, 6) is -0.0711. The van der Waals surface area contributed by atoms with Crippen molar-refractivity contribution in [3.05, 3.63) is 75.8 Å². The molecule has 0 radical (unpaired) electrons. The van der Waals surface area contributed by atoms with Gasteiger partial charge in [0.25, 0.3) is 5.91 Å². The number of fused-ring (bicyclic) bond motifs is 1. The van der Waals surface area contributed by atoms with Crippen molar-refractivity contribution in [2.75, 3.05) is 0 Å². The second-order valence-electron chi connectivity index (χ2n) is 4.53. The Labute approximate surface area is 127 Å². The molecule has 0 atom stereocenters. The maximum atomic E-state index is 12.5. The molecule has 0 saturated heterocycles. The van der Waals surface area contributed by atoms with Gasteiger partial charge >= 0.3 is 0 Å². The summed E-state index contributed by atoms with van der Waals surface area (Å²) in [7, 11) is 0. The molecule has 0 bridgehead atoms. The Hall–Kier alpha value is -1.77. The molecular formula is C16H11Cl2NO. The molecule has 2 aromatic carbocycles. The van der Waals surface area contributed by atoms with Crippen LogP contribution in [0.15, 0.2) is 59.1 Å². The number of carbonyl (C=O) groups is 1. The fourth-order valence-electron chi connectivity index (χ4n) is 2.39. The minimum atomic E-state index is -0.0711. The van der Waals surface area contributed by atoms with Crippen LogP contribution in [-0.2, 0) is 6.54 Å². The molecule has 1 amide bonds. The van der Waals surface area contributed by atoms with Gasteiger partial charge in [-0.1, -0.05) is 71.7 Å². The summed E-state index contributed by atoms with van der Waals surface area (Å²) in [5, 5.41) is 0. The van der Waals surface area contributed by atoms with Gasteiger partial charge in [-0.15, -0.1) is 0 Å². The third kappa shape index (κ3) is 2.21. The van der Waals surface area contributed by atoms with Crippen LogP contribution in [0.2, 0.25) is 0 Å². The summed E-state index contributed by atoms with van der Waals surface area (Å²) in [6.45, 7) is 0.451. The van der Waals surface area contributed by atoms with Gasteiger partial charge < -0.3 is 4.90 Å². The van der Waals surface area contributed by atoms with Crippen LogP contribution in [0.25, 0.3) is 5.70 Å². The van der Waals surface area contributed by atoms with Crippen molar-refractivity contribution < 1.29 is 4.79 Å². The van der Waals surface area contributed by atoms with E-state index < -0.39 is 0 Å². The molecular weight excluding hydrogens is 293 g/mol. The maximum Gasteiger partial charge on any atom is 0.259 e. The van der Waals surface area contributed by atoms with Crippen molar-refractivity contribution in [1.29, 1.82) is 0 Å². The largest absolute Gasteiger partial charge is 0.301 e. The first-order valence-corrected chi connectivity index (χ1v) is 6.94. The fraction of sp³-hybridized carbons (Fsp3) is 0.0625. The quantitative estimate of drug-likeness (QED) is 0.803. The molecule has 0 aliphatic carbocycles. The summed E-state index contributed by atoms with van der Waals surface area (Å²) >= 11 is 12.0. The van der Waals surface area contributed by atoms with Gasteiger partial charge in [-0.05, 0) is 11.6 Å². The van der Waals surface area contributed by atoms with E-state index in [0.29, 0.717) is 17.8 Å². The number of rotatable bonds is 2. The van der Waals surface area contributed by atoms with Crippen LogP contribution in [-0.4, -0.2) is 10.8 Å². The molecule has 1 aliphatic rings. The standard InChI is InChI=1S/C16H11Cl2NO/c17-15(18)14-12-8-4-5-9-13(12)16(20)19(14)10-11-6-2-1-3-7-11/h1-9H,10H2. The zero-order chi connectivity index (χ0) is 14.1. The molecule has 0 unspecified atom stereocenters. The molecule has 100 valence electrons. The topological polar surface area (TPSA) is 20.3 Å². The number of amides is 1. The van der Waals surface area contributed by atoms with Gasteiger partial charge in [-0.2, -0.15) is 0 Å². The summed E-state index contributed by atoms with van der Waals surface area (Å²) in [6.07, 6.45) is 0. The second-order valence-corrected chi connectivity index (χ2v) is 5.48. The normalized spacial score (nSPS) is 13.6. The van der Waals surface area contributed by atoms with Crippen molar-refractivity contribution in [3.8, 4) is 0 Å². The fourth-order valence-corrected chi connectivity index (χ4v) is 2.80. The average molecular weight is 304 g/mol. The highest BCUT2D eigenvalue weighted by Gasteiger charge is 2.33. The molecule has 0 spiro atoms. The summed E-state index contributed by atoms with van der Waals surface area (Å²) in [4.78, 5) is 14.1. The third-order valence-corrected chi connectivity index (χ3v) is 3.65. The van der Waals surface area contributed by atoms with Crippen molar-refractivity contribution in [1.82, 2.24) is 4.90 Å². The molecule has 2 aromatic rings. The summed E-state index contributed by atoms with van der Waals surface area (Å²) in [5.41, 5.74) is 3.03. The van der Waals surface area contributed by atoms with Gasteiger partial charge in [0.2, 0.25) is 0 Å². The first-order valence-electron chi connectivity index (χ1n) is 6.19. The van der Waals surface area contributed by atoms with Crippen molar-refractivity contribution in [2.45, 2.75) is 6.54 Å². The van der Waals surface area contributed by atoms with Crippen LogP contribution < -0.4 is 0 Å². The highest BCUT2D eigenvalue weighted by atomic mass is 35.5. The predicted octanol–water partition coefficient (Wildman–Crippen LogP) is 4.45. The Morgan fingerprint density at radius 2 is 1.50 bits per heavy atom. The van der Waals surface area contributed by atoms with E-state index in [0.717, 1.165) is 11.1 Å². The zero-order valence-electron chi connectivity index (χ0n) is 10.5. The highest BCUT2D eigenvalue weighted by molar-refractivity contribution is 6.58. The average Bonchev–Trinajstić information content (AvgIpc) is 2.74. The Bertz CT molecular complexity index is 691. The van der Waals surface area contributed by atoms with Gasteiger partial charge in [0.05, 0.1) is 12.2 Å². The minimum absolute atomic E-state index is 0.0711. The van der Waals surface area contributed by atoms with Crippen LogP contribution in [0.4, 0.5) is 0 Å². The molecule has 0 aromatic heterocycles. The maximum absolute atomic E-state index is 12.5. The monoisotopic (exact) mass is 303 g/mol. The van der Waals surface area contributed by atoms with E-state index in [1.807, 2.05) is 48.5 Å². The van der Waals surface area contributed by atoms with Gasteiger partial charge in [0.1, 0.15) is 4.49 Å². The number of halogens is 2. The predicted molar refractivity (Wildman–Crippen MR) is 81.4 cm³/mol. The van der Waals surface area contributed by atoms with E-state index in [1.54, 1.807) is 11.0 Å². The lowest BCUT2D eigenvalue weighted by atomic mass is 10.1.